The van der Waals surface area contributed by atoms with Crippen molar-refractivity contribution in [2.24, 2.45) is 0 Å². The summed E-state index contributed by atoms with van der Waals surface area (Å²) in [5.41, 5.74) is 3.05. The number of rotatable bonds is 10. The molecular formula is C28H31NO5. The van der Waals surface area contributed by atoms with Crippen LogP contribution in [0.5, 0.6) is 11.5 Å². The molecule has 0 radical (unpaired) electrons. The van der Waals surface area contributed by atoms with Crippen molar-refractivity contribution in [3.05, 3.63) is 65.2 Å². The third-order valence-electron chi connectivity index (χ3n) is 5.80. The minimum atomic E-state index is -0.262. The highest BCUT2D eigenvalue weighted by atomic mass is 16.5. The molecule has 0 fully saturated rings. The second-order valence-electron chi connectivity index (χ2n) is 8.29. The summed E-state index contributed by atoms with van der Waals surface area (Å²) in [6.07, 6.45) is 1.92. The maximum absolute atomic E-state index is 13.7. The molecular weight excluding hydrogens is 430 g/mol. The molecule has 178 valence electrons. The highest BCUT2D eigenvalue weighted by Crippen LogP contribution is 2.46. The number of esters is 1. The average Bonchev–Trinajstić information content (AvgIpc) is 3.19. The van der Waals surface area contributed by atoms with E-state index in [0.29, 0.717) is 37.7 Å². The standard InChI is InChI=1S/C28H31NO5/c1-4-15-33-26-21-9-7-8-10-22(21)27(34-16-5-2)25-23(26)18-29(28(25)31)20-13-11-19(12-14-20)17-24(30)32-6-3/h7-14H,4-6,15-18H2,1-3H3. The minimum absolute atomic E-state index is 0.105. The molecule has 1 heterocycles. The fourth-order valence-corrected chi connectivity index (χ4v) is 4.27. The van der Waals surface area contributed by atoms with E-state index in [9.17, 15) is 9.59 Å². The summed E-state index contributed by atoms with van der Waals surface area (Å²) in [5, 5.41) is 1.85. The number of carbonyl (C=O) groups is 2. The Labute approximate surface area is 200 Å². The van der Waals surface area contributed by atoms with Gasteiger partial charge in [-0.25, -0.2) is 0 Å². The van der Waals surface area contributed by atoms with Crippen LogP contribution in [0.3, 0.4) is 0 Å². The molecule has 0 unspecified atom stereocenters. The number of amides is 1. The van der Waals surface area contributed by atoms with Crippen molar-refractivity contribution in [3.63, 3.8) is 0 Å². The summed E-state index contributed by atoms with van der Waals surface area (Å²) in [5.74, 6) is 1.02. The summed E-state index contributed by atoms with van der Waals surface area (Å²) in [6.45, 7) is 7.76. The molecule has 0 saturated heterocycles. The Morgan fingerprint density at radius 2 is 1.50 bits per heavy atom. The zero-order valence-electron chi connectivity index (χ0n) is 20.1. The number of nitrogens with zero attached hydrogens (tertiary/aromatic N) is 1. The van der Waals surface area contributed by atoms with Crippen LogP contribution in [0.25, 0.3) is 10.8 Å². The van der Waals surface area contributed by atoms with Gasteiger partial charge in [-0.2, -0.15) is 0 Å². The lowest BCUT2D eigenvalue weighted by Crippen LogP contribution is -2.23. The van der Waals surface area contributed by atoms with Gasteiger partial charge in [0.15, 0.2) is 0 Å². The predicted molar refractivity (Wildman–Crippen MR) is 133 cm³/mol. The Morgan fingerprint density at radius 1 is 0.882 bits per heavy atom. The largest absolute Gasteiger partial charge is 0.493 e. The Hall–Kier alpha value is -3.54. The highest BCUT2D eigenvalue weighted by molar-refractivity contribution is 6.16. The molecule has 0 bridgehead atoms. The van der Waals surface area contributed by atoms with Crippen LogP contribution < -0.4 is 14.4 Å². The van der Waals surface area contributed by atoms with Crippen molar-refractivity contribution >= 4 is 28.3 Å². The molecule has 0 spiro atoms. The van der Waals surface area contributed by atoms with E-state index in [0.717, 1.165) is 46.2 Å². The first-order chi connectivity index (χ1) is 16.6. The van der Waals surface area contributed by atoms with Crippen molar-refractivity contribution in [2.45, 2.75) is 46.6 Å². The normalized spacial score (nSPS) is 12.7. The van der Waals surface area contributed by atoms with E-state index < -0.39 is 0 Å². The maximum atomic E-state index is 13.7. The number of anilines is 1. The molecule has 0 N–H and O–H groups in total. The summed E-state index contributed by atoms with van der Waals surface area (Å²) in [6, 6.07) is 15.4. The molecule has 0 saturated carbocycles. The lowest BCUT2D eigenvalue weighted by atomic mass is 9.99. The molecule has 6 nitrogen and oxygen atoms in total. The number of hydrogen-bond donors (Lipinski definition) is 0. The Bertz CT molecular complexity index is 1190. The molecule has 4 rings (SSSR count). The van der Waals surface area contributed by atoms with E-state index in [1.54, 1.807) is 11.8 Å². The zero-order chi connectivity index (χ0) is 24.1. The van der Waals surface area contributed by atoms with Gasteiger partial charge >= 0.3 is 5.97 Å². The van der Waals surface area contributed by atoms with Crippen LogP contribution in [0.1, 0.15) is 55.1 Å². The Balaban J connectivity index is 1.74. The molecule has 0 aromatic heterocycles. The first-order valence-electron chi connectivity index (χ1n) is 12.0. The van der Waals surface area contributed by atoms with E-state index >= 15 is 0 Å². The third kappa shape index (κ3) is 4.58. The number of benzene rings is 3. The number of carbonyl (C=O) groups excluding carboxylic acids is 2. The third-order valence-corrected chi connectivity index (χ3v) is 5.80. The lowest BCUT2D eigenvalue weighted by Gasteiger charge is -2.17. The van der Waals surface area contributed by atoms with Gasteiger partial charge in [0, 0.05) is 22.0 Å². The Morgan fingerprint density at radius 3 is 2.12 bits per heavy atom. The van der Waals surface area contributed by atoms with Crippen LogP contribution in [-0.2, 0) is 22.5 Å². The first kappa shape index (κ1) is 23.6. The molecule has 1 aliphatic rings. The van der Waals surface area contributed by atoms with Crippen LogP contribution >= 0.6 is 0 Å². The minimum Gasteiger partial charge on any atom is -0.493 e. The monoisotopic (exact) mass is 461 g/mol. The van der Waals surface area contributed by atoms with Gasteiger partial charge in [0.1, 0.15) is 11.5 Å². The zero-order valence-corrected chi connectivity index (χ0v) is 20.1. The van der Waals surface area contributed by atoms with Crippen molar-refractivity contribution in [1.82, 2.24) is 0 Å². The smallest absolute Gasteiger partial charge is 0.310 e. The molecule has 1 amide bonds. The van der Waals surface area contributed by atoms with Crippen LogP contribution in [0.4, 0.5) is 5.69 Å². The molecule has 1 aliphatic heterocycles. The fourth-order valence-electron chi connectivity index (χ4n) is 4.27. The van der Waals surface area contributed by atoms with Crippen molar-refractivity contribution in [1.29, 1.82) is 0 Å². The van der Waals surface area contributed by atoms with Gasteiger partial charge in [-0.1, -0.05) is 50.2 Å². The molecule has 3 aromatic carbocycles. The second kappa shape index (κ2) is 10.6. The van der Waals surface area contributed by atoms with Crippen LogP contribution in [0.15, 0.2) is 48.5 Å². The van der Waals surface area contributed by atoms with E-state index in [4.69, 9.17) is 14.2 Å². The van der Waals surface area contributed by atoms with Crippen LogP contribution in [0, 0.1) is 0 Å². The fraction of sp³-hybridized carbons (Fsp3) is 0.357. The van der Waals surface area contributed by atoms with Crippen LogP contribution in [0.2, 0.25) is 0 Å². The van der Waals surface area contributed by atoms with Crippen molar-refractivity contribution in [2.75, 3.05) is 24.7 Å². The topological polar surface area (TPSA) is 65.1 Å². The molecule has 3 aromatic rings. The quantitative estimate of drug-likeness (QED) is 0.363. The number of fused-ring (bicyclic) bond motifs is 2. The van der Waals surface area contributed by atoms with E-state index in [-0.39, 0.29) is 18.3 Å². The molecule has 0 atom stereocenters. The van der Waals surface area contributed by atoms with Gasteiger partial charge in [-0.3, -0.25) is 9.59 Å². The summed E-state index contributed by atoms with van der Waals surface area (Å²) >= 11 is 0. The lowest BCUT2D eigenvalue weighted by molar-refractivity contribution is -0.142. The summed E-state index contributed by atoms with van der Waals surface area (Å²) < 4.78 is 17.4. The van der Waals surface area contributed by atoms with Gasteiger partial charge in [-0.15, -0.1) is 0 Å². The van der Waals surface area contributed by atoms with Gasteiger partial charge in [0.05, 0.1) is 38.3 Å². The number of hydrogen-bond acceptors (Lipinski definition) is 5. The predicted octanol–water partition coefficient (Wildman–Crippen LogP) is 5.68. The maximum Gasteiger partial charge on any atom is 0.310 e. The van der Waals surface area contributed by atoms with Gasteiger partial charge in [0.25, 0.3) is 5.91 Å². The van der Waals surface area contributed by atoms with E-state index in [1.165, 1.54) is 0 Å². The average molecular weight is 462 g/mol. The number of ether oxygens (including phenoxy) is 3. The van der Waals surface area contributed by atoms with Crippen molar-refractivity contribution in [3.8, 4) is 11.5 Å². The summed E-state index contributed by atoms with van der Waals surface area (Å²) in [4.78, 5) is 27.3. The Kier molecular flexibility index (Phi) is 7.36. The van der Waals surface area contributed by atoms with Gasteiger partial charge in [-0.05, 0) is 37.5 Å². The molecule has 6 heteroatoms. The van der Waals surface area contributed by atoms with Crippen LogP contribution in [-0.4, -0.2) is 31.7 Å². The second-order valence-corrected chi connectivity index (χ2v) is 8.29. The first-order valence-corrected chi connectivity index (χ1v) is 12.0. The van der Waals surface area contributed by atoms with Gasteiger partial charge < -0.3 is 19.1 Å². The highest BCUT2D eigenvalue weighted by Gasteiger charge is 2.36. The summed E-state index contributed by atoms with van der Waals surface area (Å²) in [7, 11) is 0. The molecule has 0 aliphatic carbocycles. The van der Waals surface area contributed by atoms with E-state index in [1.807, 2.05) is 55.5 Å². The van der Waals surface area contributed by atoms with Crippen molar-refractivity contribution < 1.29 is 23.8 Å². The van der Waals surface area contributed by atoms with E-state index in [2.05, 4.69) is 6.92 Å². The van der Waals surface area contributed by atoms with Gasteiger partial charge in [0.2, 0.25) is 0 Å². The SMILES string of the molecule is CCCOc1c2c(c(OCCC)c3ccccc13)C(=O)N(c1ccc(CC(=O)OCC)cc1)C2. The molecule has 34 heavy (non-hydrogen) atoms.